The summed E-state index contributed by atoms with van der Waals surface area (Å²) >= 11 is 0. The zero-order chi connectivity index (χ0) is 9.80. The number of hydrogen-bond donors (Lipinski definition) is 0. The molecule has 1 aliphatic rings. The highest BCUT2D eigenvalue weighted by Gasteiger charge is 2.17. The Morgan fingerprint density at radius 3 is 2.93 bits per heavy atom. The molecule has 0 bridgehead atoms. The molecule has 14 heavy (non-hydrogen) atoms. The van der Waals surface area contributed by atoms with Gasteiger partial charge in [0.05, 0.1) is 13.4 Å². The molecular weight excluding hydrogens is 176 g/mol. The van der Waals surface area contributed by atoms with Crippen molar-refractivity contribution in [2.24, 2.45) is 0 Å². The lowest BCUT2D eigenvalue weighted by molar-refractivity contribution is 0.122. The maximum absolute atomic E-state index is 5.55. The van der Waals surface area contributed by atoms with E-state index < -0.39 is 0 Å². The standard InChI is InChI=1S/C12H14O2/c1-13-11-7-3-2-6-10(11)12-8-4-5-9-14-12/h2-3,5-7,9,12H,4,8H2,1H3. The topological polar surface area (TPSA) is 18.5 Å². The van der Waals surface area contributed by atoms with Crippen LogP contribution >= 0.6 is 0 Å². The van der Waals surface area contributed by atoms with Crippen LogP contribution in [0.3, 0.4) is 0 Å². The van der Waals surface area contributed by atoms with Gasteiger partial charge >= 0.3 is 0 Å². The average Bonchev–Trinajstić information content (AvgIpc) is 2.30. The third-order valence-electron chi connectivity index (χ3n) is 2.42. The van der Waals surface area contributed by atoms with E-state index in [0.717, 1.165) is 24.2 Å². The van der Waals surface area contributed by atoms with Gasteiger partial charge in [0.1, 0.15) is 11.9 Å². The van der Waals surface area contributed by atoms with Crippen LogP contribution in [0.1, 0.15) is 24.5 Å². The van der Waals surface area contributed by atoms with E-state index in [1.54, 1.807) is 13.4 Å². The Labute approximate surface area is 84.2 Å². The highest BCUT2D eigenvalue weighted by molar-refractivity contribution is 5.35. The van der Waals surface area contributed by atoms with Crippen molar-refractivity contribution in [1.82, 2.24) is 0 Å². The van der Waals surface area contributed by atoms with E-state index in [1.807, 2.05) is 24.3 Å². The monoisotopic (exact) mass is 190 g/mol. The molecule has 1 aromatic carbocycles. The number of hydrogen-bond acceptors (Lipinski definition) is 2. The Bertz CT molecular complexity index is 331. The lowest BCUT2D eigenvalue weighted by Crippen LogP contribution is -2.05. The number of para-hydroxylation sites is 1. The molecule has 0 aliphatic carbocycles. The molecule has 2 rings (SSSR count). The van der Waals surface area contributed by atoms with Crippen LogP contribution in [0.2, 0.25) is 0 Å². The first-order valence-corrected chi connectivity index (χ1v) is 4.85. The van der Waals surface area contributed by atoms with Crippen molar-refractivity contribution in [3.8, 4) is 5.75 Å². The molecule has 0 saturated carbocycles. The lowest BCUT2D eigenvalue weighted by Gasteiger charge is -2.21. The van der Waals surface area contributed by atoms with Crippen molar-refractivity contribution in [2.75, 3.05) is 7.11 Å². The van der Waals surface area contributed by atoms with Crippen LogP contribution in [0.5, 0.6) is 5.75 Å². The molecule has 1 aliphatic heterocycles. The van der Waals surface area contributed by atoms with E-state index in [1.165, 1.54) is 0 Å². The van der Waals surface area contributed by atoms with Crippen LogP contribution in [-0.4, -0.2) is 7.11 Å². The van der Waals surface area contributed by atoms with Gasteiger partial charge in [-0.05, 0) is 25.0 Å². The second kappa shape index (κ2) is 4.18. The molecule has 1 unspecified atom stereocenters. The van der Waals surface area contributed by atoms with E-state index >= 15 is 0 Å². The molecule has 0 saturated heterocycles. The Kier molecular flexibility index (Phi) is 2.73. The van der Waals surface area contributed by atoms with Gasteiger partial charge in [0, 0.05) is 5.56 Å². The fourth-order valence-corrected chi connectivity index (χ4v) is 1.70. The second-order valence-corrected chi connectivity index (χ2v) is 3.32. The van der Waals surface area contributed by atoms with Crippen LogP contribution in [0.25, 0.3) is 0 Å². The highest BCUT2D eigenvalue weighted by Crippen LogP contribution is 2.32. The summed E-state index contributed by atoms with van der Waals surface area (Å²) in [5.74, 6) is 0.910. The summed E-state index contributed by atoms with van der Waals surface area (Å²) in [6, 6.07) is 8.01. The molecule has 0 amide bonds. The predicted octanol–water partition coefficient (Wildman–Crippen LogP) is 3.06. The molecule has 1 aromatic rings. The summed E-state index contributed by atoms with van der Waals surface area (Å²) in [5.41, 5.74) is 1.14. The first-order valence-electron chi connectivity index (χ1n) is 4.85. The lowest BCUT2D eigenvalue weighted by atomic mass is 10.0. The van der Waals surface area contributed by atoms with Gasteiger partial charge in [-0.3, -0.25) is 0 Å². The largest absolute Gasteiger partial charge is 0.496 e. The van der Waals surface area contributed by atoms with Crippen LogP contribution < -0.4 is 4.74 Å². The predicted molar refractivity (Wildman–Crippen MR) is 55.2 cm³/mol. The molecule has 1 atom stereocenters. The van der Waals surface area contributed by atoms with E-state index in [-0.39, 0.29) is 6.10 Å². The summed E-state index contributed by atoms with van der Waals surface area (Å²) in [5, 5.41) is 0. The molecule has 0 N–H and O–H groups in total. The molecule has 2 heteroatoms. The molecule has 0 fully saturated rings. The minimum atomic E-state index is 0.149. The SMILES string of the molecule is COc1ccccc1C1CCC=CO1. The van der Waals surface area contributed by atoms with Gasteiger partial charge in [0.15, 0.2) is 0 Å². The first kappa shape index (κ1) is 9.13. The minimum Gasteiger partial charge on any atom is -0.496 e. The van der Waals surface area contributed by atoms with Crippen LogP contribution in [0, 0.1) is 0 Å². The summed E-state index contributed by atoms with van der Waals surface area (Å²) in [4.78, 5) is 0. The number of rotatable bonds is 2. The minimum absolute atomic E-state index is 0.149. The quantitative estimate of drug-likeness (QED) is 0.713. The van der Waals surface area contributed by atoms with E-state index in [0.29, 0.717) is 0 Å². The van der Waals surface area contributed by atoms with Crippen molar-refractivity contribution >= 4 is 0 Å². The van der Waals surface area contributed by atoms with Gasteiger partial charge in [0.25, 0.3) is 0 Å². The maximum Gasteiger partial charge on any atom is 0.127 e. The first-order chi connectivity index (χ1) is 6.92. The third kappa shape index (κ3) is 1.74. The molecule has 2 nitrogen and oxygen atoms in total. The molecule has 1 heterocycles. The Morgan fingerprint density at radius 2 is 2.21 bits per heavy atom. The zero-order valence-electron chi connectivity index (χ0n) is 8.27. The maximum atomic E-state index is 5.55. The van der Waals surface area contributed by atoms with Crippen LogP contribution in [0.4, 0.5) is 0 Å². The molecule has 0 spiro atoms. The van der Waals surface area contributed by atoms with Crippen LogP contribution in [-0.2, 0) is 4.74 Å². The van der Waals surface area contributed by atoms with E-state index in [2.05, 4.69) is 6.07 Å². The van der Waals surface area contributed by atoms with Gasteiger partial charge in [-0.15, -0.1) is 0 Å². The van der Waals surface area contributed by atoms with Gasteiger partial charge in [-0.2, -0.15) is 0 Å². The summed E-state index contributed by atoms with van der Waals surface area (Å²) < 4.78 is 10.8. The van der Waals surface area contributed by atoms with E-state index in [4.69, 9.17) is 9.47 Å². The normalized spacial score (nSPS) is 20.2. The molecule has 0 aromatic heterocycles. The van der Waals surface area contributed by atoms with Crippen molar-refractivity contribution < 1.29 is 9.47 Å². The van der Waals surface area contributed by atoms with Crippen molar-refractivity contribution in [1.29, 1.82) is 0 Å². The van der Waals surface area contributed by atoms with Crippen molar-refractivity contribution in [2.45, 2.75) is 18.9 Å². The molecular formula is C12H14O2. The van der Waals surface area contributed by atoms with Crippen LogP contribution in [0.15, 0.2) is 36.6 Å². The van der Waals surface area contributed by atoms with Gasteiger partial charge in [-0.1, -0.05) is 18.2 Å². The summed E-state index contributed by atoms with van der Waals surface area (Å²) in [6.07, 6.45) is 6.07. The number of methoxy groups -OCH3 is 1. The van der Waals surface area contributed by atoms with Gasteiger partial charge in [0.2, 0.25) is 0 Å². The average molecular weight is 190 g/mol. The number of allylic oxidation sites excluding steroid dienone is 1. The number of ether oxygens (including phenoxy) is 2. The van der Waals surface area contributed by atoms with E-state index in [9.17, 15) is 0 Å². The highest BCUT2D eigenvalue weighted by atomic mass is 16.5. The second-order valence-electron chi connectivity index (χ2n) is 3.32. The smallest absolute Gasteiger partial charge is 0.127 e. The Hall–Kier alpha value is -1.44. The molecule has 0 radical (unpaired) electrons. The van der Waals surface area contributed by atoms with Crippen molar-refractivity contribution in [3.63, 3.8) is 0 Å². The number of benzene rings is 1. The summed E-state index contributed by atoms with van der Waals surface area (Å²) in [6.45, 7) is 0. The fraction of sp³-hybridized carbons (Fsp3) is 0.333. The third-order valence-corrected chi connectivity index (χ3v) is 2.42. The summed E-state index contributed by atoms with van der Waals surface area (Å²) in [7, 11) is 1.69. The Balaban J connectivity index is 2.25. The fourth-order valence-electron chi connectivity index (χ4n) is 1.70. The van der Waals surface area contributed by atoms with Gasteiger partial charge < -0.3 is 9.47 Å². The van der Waals surface area contributed by atoms with Crippen molar-refractivity contribution in [3.05, 3.63) is 42.2 Å². The van der Waals surface area contributed by atoms with Gasteiger partial charge in [-0.25, -0.2) is 0 Å². The zero-order valence-corrected chi connectivity index (χ0v) is 8.27. The Morgan fingerprint density at radius 1 is 1.36 bits per heavy atom. The molecule has 74 valence electrons.